The van der Waals surface area contributed by atoms with E-state index in [4.69, 9.17) is 27.9 Å². The summed E-state index contributed by atoms with van der Waals surface area (Å²) in [6.45, 7) is 0.661. The van der Waals surface area contributed by atoms with Crippen molar-refractivity contribution in [2.75, 3.05) is 12.4 Å². The summed E-state index contributed by atoms with van der Waals surface area (Å²) in [5, 5.41) is 1.97. The Morgan fingerprint density at radius 3 is 2.75 bits per heavy atom. The maximum absolute atomic E-state index is 6.24. The minimum Gasteiger partial charge on any atom is -0.490 e. The number of hydrogen-bond acceptors (Lipinski definition) is 3. The van der Waals surface area contributed by atoms with Crippen LogP contribution in [-0.2, 0) is 0 Å². The number of halogens is 3. The monoisotopic (exact) mass is 441 g/mol. The number of thiol groups is 1. The standard InChI is InChI=1S/C14H14Cl2INOS/c15-10-8-11(17)14(19-6-2-1-3-7-20)13-9(10)4-5-12(16)18-13/h4-5,8,20H,1-3,6-7H2. The van der Waals surface area contributed by atoms with E-state index in [1.807, 2.05) is 12.1 Å². The van der Waals surface area contributed by atoms with E-state index in [9.17, 15) is 0 Å². The summed E-state index contributed by atoms with van der Waals surface area (Å²) in [6, 6.07) is 5.50. The molecule has 2 aromatic rings. The molecule has 20 heavy (non-hydrogen) atoms. The van der Waals surface area contributed by atoms with Crippen molar-refractivity contribution < 1.29 is 4.74 Å². The zero-order chi connectivity index (χ0) is 14.5. The molecule has 0 unspecified atom stereocenters. The van der Waals surface area contributed by atoms with Crippen LogP contribution in [0.3, 0.4) is 0 Å². The highest BCUT2D eigenvalue weighted by atomic mass is 127. The van der Waals surface area contributed by atoms with Crippen molar-refractivity contribution in [2.24, 2.45) is 0 Å². The summed E-state index contributed by atoms with van der Waals surface area (Å²) < 4.78 is 6.84. The summed E-state index contributed by atoms with van der Waals surface area (Å²) >= 11 is 18.6. The van der Waals surface area contributed by atoms with Crippen LogP contribution in [0, 0.1) is 3.57 Å². The van der Waals surface area contributed by atoms with Crippen molar-refractivity contribution in [2.45, 2.75) is 19.3 Å². The first kappa shape index (κ1) is 16.5. The predicted octanol–water partition coefficient (Wildman–Crippen LogP) is 5.63. The van der Waals surface area contributed by atoms with Crippen molar-refractivity contribution >= 4 is 69.3 Å². The Bertz CT molecular complexity index is 609. The maximum Gasteiger partial charge on any atom is 0.158 e. The number of pyridine rings is 1. The van der Waals surface area contributed by atoms with Gasteiger partial charge in [0.25, 0.3) is 0 Å². The Labute approximate surface area is 147 Å². The van der Waals surface area contributed by atoms with Gasteiger partial charge in [-0.2, -0.15) is 12.6 Å². The second-order valence-corrected chi connectivity index (χ2v) is 6.74. The molecule has 0 N–H and O–H groups in total. The molecular formula is C14H14Cl2INOS. The van der Waals surface area contributed by atoms with Crippen LogP contribution in [0.25, 0.3) is 10.9 Å². The van der Waals surface area contributed by atoms with Gasteiger partial charge in [0.1, 0.15) is 10.7 Å². The third-order valence-electron chi connectivity index (χ3n) is 2.85. The molecule has 0 aliphatic heterocycles. The molecule has 0 saturated carbocycles. The second kappa shape index (κ2) is 7.92. The molecule has 0 saturated heterocycles. The molecule has 0 bridgehead atoms. The molecule has 1 heterocycles. The van der Waals surface area contributed by atoms with Gasteiger partial charge in [-0.3, -0.25) is 0 Å². The second-order valence-electron chi connectivity index (χ2n) is 4.33. The van der Waals surface area contributed by atoms with Crippen LogP contribution in [0.4, 0.5) is 0 Å². The van der Waals surface area contributed by atoms with Crippen LogP contribution < -0.4 is 4.74 Å². The molecule has 2 nitrogen and oxygen atoms in total. The number of ether oxygens (including phenoxy) is 1. The fourth-order valence-electron chi connectivity index (χ4n) is 1.87. The Balaban J connectivity index is 2.25. The molecule has 0 amide bonds. The summed E-state index contributed by atoms with van der Waals surface area (Å²) in [7, 11) is 0. The van der Waals surface area contributed by atoms with Gasteiger partial charge in [0.05, 0.1) is 15.2 Å². The van der Waals surface area contributed by atoms with Gasteiger partial charge >= 0.3 is 0 Å². The Morgan fingerprint density at radius 2 is 2.00 bits per heavy atom. The lowest BCUT2D eigenvalue weighted by atomic mass is 10.2. The minimum absolute atomic E-state index is 0.440. The third kappa shape index (κ3) is 4.06. The number of benzene rings is 1. The highest BCUT2D eigenvalue weighted by Gasteiger charge is 2.13. The molecule has 1 aromatic carbocycles. The molecule has 108 valence electrons. The molecule has 0 atom stereocenters. The molecule has 0 fully saturated rings. The number of nitrogens with zero attached hydrogens (tertiary/aromatic N) is 1. The summed E-state index contributed by atoms with van der Waals surface area (Å²) in [4.78, 5) is 4.35. The van der Waals surface area contributed by atoms with Gasteiger partial charge < -0.3 is 4.74 Å². The van der Waals surface area contributed by atoms with Crippen LogP contribution in [0.1, 0.15) is 19.3 Å². The number of unbranched alkanes of at least 4 members (excludes halogenated alkanes) is 2. The fourth-order valence-corrected chi connectivity index (χ4v) is 3.41. The first-order valence-corrected chi connectivity index (χ1v) is 8.78. The molecule has 2 rings (SSSR count). The Morgan fingerprint density at radius 1 is 1.20 bits per heavy atom. The molecule has 1 aromatic heterocycles. The van der Waals surface area contributed by atoms with Gasteiger partial charge in [-0.05, 0) is 65.8 Å². The van der Waals surface area contributed by atoms with E-state index in [0.29, 0.717) is 16.8 Å². The van der Waals surface area contributed by atoms with Crippen molar-refractivity contribution in [3.63, 3.8) is 0 Å². The first-order chi connectivity index (χ1) is 9.63. The van der Waals surface area contributed by atoms with E-state index in [1.165, 1.54) is 0 Å². The van der Waals surface area contributed by atoms with Gasteiger partial charge in [0, 0.05) is 5.39 Å². The van der Waals surface area contributed by atoms with Crippen molar-refractivity contribution in [3.05, 3.63) is 31.9 Å². The van der Waals surface area contributed by atoms with Crippen molar-refractivity contribution in [1.82, 2.24) is 4.98 Å². The number of rotatable bonds is 6. The topological polar surface area (TPSA) is 22.1 Å². The largest absolute Gasteiger partial charge is 0.490 e. The van der Waals surface area contributed by atoms with Crippen LogP contribution in [0.5, 0.6) is 5.75 Å². The van der Waals surface area contributed by atoms with E-state index in [2.05, 4.69) is 40.2 Å². The molecular weight excluding hydrogens is 428 g/mol. The van der Waals surface area contributed by atoms with Crippen molar-refractivity contribution in [1.29, 1.82) is 0 Å². The highest BCUT2D eigenvalue weighted by molar-refractivity contribution is 14.1. The zero-order valence-corrected chi connectivity index (χ0v) is 15.3. The molecule has 0 spiro atoms. The van der Waals surface area contributed by atoms with Gasteiger partial charge in [-0.25, -0.2) is 4.98 Å². The summed E-state index contributed by atoms with van der Waals surface area (Å²) in [5.74, 6) is 1.68. The average Bonchev–Trinajstić information content (AvgIpc) is 2.41. The predicted molar refractivity (Wildman–Crippen MR) is 97.7 cm³/mol. The Hall–Kier alpha value is 0.0900. The lowest BCUT2D eigenvalue weighted by Gasteiger charge is -2.12. The van der Waals surface area contributed by atoms with E-state index in [-0.39, 0.29) is 0 Å². The molecule has 6 heteroatoms. The lowest BCUT2D eigenvalue weighted by Crippen LogP contribution is -2.01. The fraction of sp³-hybridized carbons (Fsp3) is 0.357. The lowest BCUT2D eigenvalue weighted by molar-refractivity contribution is 0.307. The van der Waals surface area contributed by atoms with E-state index in [1.54, 1.807) is 6.07 Å². The maximum atomic E-state index is 6.24. The third-order valence-corrected chi connectivity index (χ3v) is 4.49. The van der Waals surface area contributed by atoms with Gasteiger partial charge in [-0.1, -0.05) is 23.2 Å². The Kier molecular flexibility index (Phi) is 6.52. The smallest absolute Gasteiger partial charge is 0.158 e. The van der Waals surface area contributed by atoms with Crippen molar-refractivity contribution in [3.8, 4) is 5.75 Å². The molecule has 0 radical (unpaired) electrons. The van der Waals surface area contributed by atoms with Gasteiger partial charge in [0.2, 0.25) is 0 Å². The zero-order valence-electron chi connectivity index (χ0n) is 10.7. The summed E-state index contributed by atoms with van der Waals surface area (Å²) in [5.41, 5.74) is 0.726. The number of hydrogen-bond donors (Lipinski definition) is 1. The van der Waals surface area contributed by atoms with Crippen LogP contribution in [0.2, 0.25) is 10.2 Å². The summed E-state index contributed by atoms with van der Waals surface area (Å²) in [6.07, 6.45) is 3.22. The van der Waals surface area contributed by atoms with Crippen LogP contribution in [-0.4, -0.2) is 17.3 Å². The minimum atomic E-state index is 0.440. The van der Waals surface area contributed by atoms with E-state index in [0.717, 1.165) is 45.2 Å². The SMILES string of the molecule is SCCCCCOc1c(I)cc(Cl)c2ccc(Cl)nc12. The van der Waals surface area contributed by atoms with Crippen LogP contribution >= 0.6 is 58.4 Å². The molecule has 0 aliphatic rings. The van der Waals surface area contributed by atoms with Gasteiger partial charge in [0.15, 0.2) is 5.75 Å². The van der Waals surface area contributed by atoms with Gasteiger partial charge in [-0.15, -0.1) is 0 Å². The van der Waals surface area contributed by atoms with E-state index < -0.39 is 0 Å². The average molecular weight is 442 g/mol. The normalized spacial score (nSPS) is 11.0. The van der Waals surface area contributed by atoms with E-state index >= 15 is 0 Å². The first-order valence-electron chi connectivity index (χ1n) is 6.31. The number of fused-ring (bicyclic) bond motifs is 1. The quantitative estimate of drug-likeness (QED) is 0.272. The number of aromatic nitrogens is 1. The molecule has 0 aliphatic carbocycles. The highest BCUT2D eigenvalue weighted by Crippen LogP contribution is 2.35. The van der Waals surface area contributed by atoms with Crippen LogP contribution in [0.15, 0.2) is 18.2 Å².